The van der Waals surface area contributed by atoms with E-state index in [2.05, 4.69) is 130 Å². The minimum atomic E-state index is -0.789. The summed E-state index contributed by atoms with van der Waals surface area (Å²) in [5.74, 6) is -0.920. The number of carbonyl (C=O) groups is 3. The van der Waals surface area contributed by atoms with Crippen LogP contribution in [0.3, 0.4) is 0 Å². The van der Waals surface area contributed by atoms with Crippen molar-refractivity contribution in [2.45, 2.75) is 303 Å². The normalized spacial score (nSPS) is 12.8. The SMILES string of the molecule is CC/C=C\C/C=C\C/C=C\C/C=C\C/C=C\C/C=C\C/C=C\C/C=C\C/C=C\CCCCCC(=O)OCC(COC(=O)CCCCCCCCC)OC(=O)CCCCCCCCCCCCCCCCCCCCCC. The summed E-state index contributed by atoms with van der Waals surface area (Å²) in [5, 5.41) is 0. The van der Waals surface area contributed by atoms with Gasteiger partial charge in [-0.3, -0.25) is 14.4 Å². The van der Waals surface area contributed by atoms with Gasteiger partial charge >= 0.3 is 17.9 Å². The number of esters is 3. The molecule has 6 nitrogen and oxygen atoms in total. The number of rotatable bonds is 57. The van der Waals surface area contributed by atoms with E-state index in [1.807, 2.05) is 0 Å². The minimum Gasteiger partial charge on any atom is -0.462 e. The van der Waals surface area contributed by atoms with Crippen molar-refractivity contribution in [3.05, 3.63) is 109 Å². The largest absolute Gasteiger partial charge is 0.462 e. The molecule has 6 heteroatoms. The van der Waals surface area contributed by atoms with Crippen LogP contribution < -0.4 is 0 Å². The number of ether oxygens (including phenoxy) is 3. The molecule has 434 valence electrons. The number of allylic oxidation sites excluding steroid dienone is 18. The first-order valence-electron chi connectivity index (χ1n) is 31.9. The Kier molecular flexibility index (Phi) is 60.3. The predicted octanol–water partition coefficient (Wildman–Crippen LogP) is 21.8. The van der Waals surface area contributed by atoms with Crippen LogP contribution in [0.5, 0.6) is 0 Å². The van der Waals surface area contributed by atoms with Gasteiger partial charge in [0, 0.05) is 19.3 Å². The first-order chi connectivity index (χ1) is 37.5. The monoisotopic (exact) mass is 1050 g/mol. The Morgan fingerprint density at radius 1 is 0.276 bits per heavy atom. The van der Waals surface area contributed by atoms with Crippen molar-refractivity contribution in [2.24, 2.45) is 0 Å². The third kappa shape index (κ3) is 60.9. The van der Waals surface area contributed by atoms with E-state index < -0.39 is 6.10 Å². The number of unbranched alkanes of at least 4 members (excludes halogenated alkanes) is 28. The molecule has 76 heavy (non-hydrogen) atoms. The van der Waals surface area contributed by atoms with Crippen LogP contribution in [0.1, 0.15) is 297 Å². The third-order valence-electron chi connectivity index (χ3n) is 13.5. The van der Waals surface area contributed by atoms with Gasteiger partial charge in [0.1, 0.15) is 13.2 Å². The fourth-order valence-corrected chi connectivity index (χ4v) is 8.79. The molecule has 0 aromatic carbocycles. The molecule has 0 aromatic heterocycles. The molecule has 0 heterocycles. The molecule has 0 amide bonds. The number of hydrogen-bond acceptors (Lipinski definition) is 6. The molecule has 0 aliphatic carbocycles. The summed E-state index contributed by atoms with van der Waals surface area (Å²) < 4.78 is 16.8. The zero-order chi connectivity index (χ0) is 55.0. The molecule has 0 radical (unpaired) electrons. The smallest absolute Gasteiger partial charge is 0.306 e. The summed E-state index contributed by atoms with van der Waals surface area (Å²) in [7, 11) is 0. The van der Waals surface area contributed by atoms with Crippen LogP contribution in [-0.2, 0) is 28.6 Å². The Hall–Kier alpha value is -3.93. The lowest BCUT2D eigenvalue weighted by Crippen LogP contribution is -2.30. The second kappa shape index (κ2) is 63.6. The Morgan fingerprint density at radius 2 is 0.513 bits per heavy atom. The van der Waals surface area contributed by atoms with Gasteiger partial charge in [-0.05, 0) is 89.9 Å². The van der Waals surface area contributed by atoms with Gasteiger partial charge in [0.05, 0.1) is 0 Å². The van der Waals surface area contributed by atoms with E-state index in [0.29, 0.717) is 19.3 Å². The van der Waals surface area contributed by atoms with Gasteiger partial charge in [-0.15, -0.1) is 0 Å². The lowest BCUT2D eigenvalue weighted by molar-refractivity contribution is -0.167. The van der Waals surface area contributed by atoms with Gasteiger partial charge in [0.15, 0.2) is 6.10 Å². The summed E-state index contributed by atoms with van der Waals surface area (Å²) in [6, 6.07) is 0. The first kappa shape index (κ1) is 72.1. The summed E-state index contributed by atoms with van der Waals surface area (Å²) >= 11 is 0. The fraction of sp³-hybridized carbons (Fsp3) is 0.700. The molecule has 0 aliphatic heterocycles. The third-order valence-corrected chi connectivity index (χ3v) is 13.5. The minimum absolute atomic E-state index is 0.0864. The zero-order valence-electron chi connectivity index (χ0n) is 49.7. The lowest BCUT2D eigenvalue weighted by Gasteiger charge is -2.18. The van der Waals surface area contributed by atoms with Gasteiger partial charge in [0.25, 0.3) is 0 Å². The van der Waals surface area contributed by atoms with Gasteiger partial charge < -0.3 is 14.2 Å². The molecule has 0 saturated carbocycles. The van der Waals surface area contributed by atoms with Crippen LogP contribution in [0, 0.1) is 0 Å². The van der Waals surface area contributed by atoms with Crippen LogP contribution in [0.15, 0.2) is 109 Å². The maximum Gasteiger partial charge on any atom is 0.306 e. The Labute approximate surface area is 470 Å². The second-order valence-electron chi connectivity index (χ2n) is 21.0. The van der Waals surface area contributed by atoms with Gasteiger partial charge in [-0.25, -0.2) is 0 Å². The highest BCUT2D eigenvalue weighted by atomic mass is 16.6. The number of hydrogen-bond donors (Lipinski definition) is 0. The van der Waals surface area contributed by atoms with E-state index in [1.54, 1.807) is 0 Å². The molecule has 0 spiro atoms. The lowest BCUT2D eigenvalue weighted by atomic mass is 10.0. The number of carbonyl (C=O) groups excluding carboxylic acids is 3. The Balaban J connectivity index is 4.22. The average molecular weight is 1060 g/mol. The van der Waals surface area contributed by atoms with Crippen molar-refractivity contribution in [1.29, 1.82) is 0 Å². The Morgan fingerprint density at radius 3 is 0.803 bits per heavy atom. The van der Waals surface area contributed by atoms with E-state index in [0.717, 1.165) is 122 Å². The van der Waals surface area contributed by atoms with Crippen LogP contribution in [0.4, 0.5) is 0 Å². The quantitative estimate of drug-likeness (QED) is 0.0261. The highest BCUT2D eigenvalue weighted by Gasteiger charge is 2.19. The van der Waals surface area contributed by atoms with Crippen molar-refractivity contribution >= 4 is 17.9 Å². The van der Waals surface area contributed by atoms with Gasteiger partial charge in [0.2, 0.25) is 0 Å². The maximum atomic E-state index is 12.8. The summed E-state index contributed by atoms with van der Waals surface area (Å²) in [6.45, 7) is 6.48. The zero-order valence-corrected chi connectivity index (χ0v) is 49.7. The molecule has 0 saturated heterocycles. The van der Waals surface area contributed by atoms with Crippen molar-refractivity contribution in [1.82, 2.24) is 0 Å². The van der Waals surface area contributed by atoms with E-state index >= 15 is 0 Å². The van der Waals surface area contributed by atoms with Crippen molar-refractivity contribution in [2.75, 3.05) is 13.2 Å². The standard InChI is InChI=1S/C70H118O6/c1-4-7-10-13-16-18-20-22-24-26-28-30-31-32-33-34-35-36-37-38-39-40-42-43-45-47-49-51-54-57-60-63-69(72)75-66-67(65-74-68(71)62-59-56-53-15-12-9-6-3)76-70(73)64-61-58-55-52-50-48-46-44-41-29-27-25-23-21-19-17-14-11-8-5-2/h7,10,16,18,22,24,28,30,32-33,35-36,38-39,42-43,47,49,67H,4-6,8-9,11-15,17,19-21,23,25-27,29,31,34,37,40-41,44-46,48,50-66H2,1-3H3/b10-7-,18-16-,24-22-,30-28-,33-32-,36-35-,39-38-,43-42-,49-47-. The molecule has 0 rings (SSSR count). The first-order valence-corrected chi connectivity index (χ1v) is 31.9. The van der Waals surface area contributed by atoms with Crippen LogP contribution >= 0.6 is 0 Å². The average Bonchev–Trinajstić information content (AvgIpc) is 3.42. The molecule has 0 N–H and O–H groups in total. The molecular weight excluding hydrogens is 937 g/mol. The van der Waals surface area contributed by atoms with Gasteiger partial charge in [-0.1, -0.05) is 297 Å². The highest BCUT2D eigenvalue weighted by molar-refractivity contribution is 5.71. The van der Waals surface area contributed by atoms with E-state index in [1.165, 1.54) is 135 Å². The fourth-order valence-electron chi connectivity index (χ4n) is 8.79. The van der Waals surface area contributed by atoms with Crippen LogP contribution in [0.25, 0.3) is 0 Å². The predicted molar refractivity (Wildman–Crippen MR) is 330 cm³/mol. The van der Waals surface area contributed by atoms with Crippen molar-refractivity contribution in [3.63, 3.8) is 0 Å². The summed E-state index contributed by atoms with van der Waals surface area (Å²) in [5.41, 5.74) is 0. The molecule has 1 unspecified atom stereocenters. The highest BCUT2D eigenvalue weighted by Crippen LogP contribution is 2.16. The van der Waals surface area contributed by atoms with Crippen LogP contribution in [-0.4, -0.2) is 37.2 Å². The molecule has 0 fully saturated rings. The molecule has 0 bridgehead atoms. The van der Waals surface area contributed by atoms with E-state index in [9.17, 15) is 14.4 Å². The maximum absolute atomic E-state index is 12.8. The van der Waals surface area contributed by atoms with E-state index in [4.69, 9.17) is 14.2 Å². The van der Waals surface area contributed by atoms with E-state index in [-0.39, 0.29) is 31.1 Å². The summed E-state index contributed by atoms with van der Waals surface area (Å²) in [4.78, 5) is 38.0. The Bertz CT molecular complexity index is 1540. The molecule has 0 aliphatic rings. The summed E-state index contributed by atoms with van der Waals surface area (Å²) in [6.07, 6.45) is 86.9. The van der Waals surface area contributed by atoms with Crippen molar-refractivity contribution < 1.29 is 28.6 Å². The van der Waals surface area contributed by atoms with Crippen LogP contribution in [0.2, 0.25) is 0 Å². The molecule has 0 aromatic rings. The van der Waals surface area contributed by atoms with Crippen molar-refractivity contribution in [3.8, 4) is 0 Å². The molecular formula is C70H118O6. The molecule has 1 atom stereocenters. The van der Waals surface area contributed by atoms with Gasteiger partial charge in [-0.2, -0.15) is 0 Å². The second-order valence-corrected chi connectivity index (χ2v) is 21.0. The topological polar surface area (TPSA) is 78.9 Å².